The quantitative estimate of drug-likeness (QED) is 0.571. The van der Waals surface area contributed by atoms with Crippen LogP contribution >= 0.6 is 11.3 Å². The Bertz CT molecular complexity index is 1030. The van der Waals surface area contributed by atoms with Gasteiger partial charge >= 0.3 is 0 Å². The fourth-order valence-electron chi connectivity index (χ4n) is 2.91. The van der Waals surface area contributed by atoms with E-state index in [0.29, 0.717) is 5.69 Å². The van der Waals surface area contributed by atoms with Crippen LogP contribution in [-0.2, 0) is 0 Å². The summed E-state index contributed by atoms with van der Waals surface area (Å²) in [7, 11) is 0. The normalized spacial score (nSPS) is 11.9. The van der Waals surface area contributed by atoms with E-state index in [9.17, 15) is 4.79 Å². The molecule has 4 aromatic rings. The molecule has 0 aliphatic heterocycles. The summed E-state index contributed by atoms with van der Waals surface area (Å²) in [6, 6.07) is 19.3. The first-order valence-corrected chi connectivity index (χ1v) is 9.47. The number of benzene rings is 2. The molecule has 2 aromatic carbocycles. The number of hydrogen-bond donors (Lipinski definition) is 1. The molecule has 0 aliphatic carbocycles. The number of aromatic nitrogens is 3. The van der Waals surface area contributed by atoms with Crippen LogP contribution in [0.15, 0.2) is 78.4 Å². The van der Waals surface area contributed by atoms with E-state index >= 15 is 0 Å². The van der Waals surface area contributed by atoms with Crippen molar-refractivity contribution in [3.63, 3.8) is 0 Å². The number of carbonyl (C=O) groups is 1. The molecular weight excluding hydrogens is 356 g/mol. The van der Waals surface area contributed by atoms with Crippen molar-refractivity contribution in [3.05, 3.63) is 100 Å². The lowest BCUT2D eigenvalue weighted by Gasteiger charge is -2.16. The fraction of sp³-hybridized carbons (Fsp3) is 0.0952. The number of thiazole rings is 1. The van der Waals surface area contributed by atoms with Crippen molar-refractivity contribution in [2.45, 2.75) is 13.0 Å². The Morgan fingerprint density at radius 1 is 1.07 bits per heavy atom. The second kappa shape index (κ2) is 7.55. The second-order valence-corrected chi connectivity index (χ2v) is 7.05. The van der Waals surface area contributed by atoms with E-state index in [2.05, 4.69) is 15.4 Å². The summed E-state index contributed by atoms with van der Waals surface area (Å²) in [5.74, 6) is -0.216. The van der Waals surface area contributed by atoms with Crippen LogP contribution < -0.4 is 5.32 Å². The van der Waals surface area contributed by atoms with Gasteiger partial charge in [0, 0.05) is 23.3 Å². The number of para-hydroxylation sites is 1. The van der Waals surface area contributed by atoms with Gasteiger partial charge in [0.25, 0.3) is 5.91 Å². The summed E-state index contributed by atoms with van der Waals surface area (Å²) in [5, 5.41) is 10.3. The molecule has 27 heavy (non-hydrogen) atoms. The van der Waals surface area contributed by atoms with Crippen LogP contribution in [0.5, 0.6) is 0 Å². The molecule has 1 amide bonds. The van der Waals surface area contributed by atoms with E-state index < -0.39 is 0 Å². The average molecular weight is 374 g/mol. The number of nitrogens with zero attached hydrogens (tertiary/aromatic N) is 3. The van der Waals surface area contributed by atoms with Crippen molar-refractivity contribution in [3.8, 4) is 5.69 Å². The lowest BCUT2D eigenvalue weighted by molar-refractivity contribution is 0.0937. The maximum Gasteiger partial charge on any atom is 0.272 e. The fourth-order valence-corrected chi connectivity index (χ4v) is 3.62. The molecule has 0 aliphatic rings. The van der Waals surface area contributed by atoms with E-state index in [0.717, 1.165) is 21.8 Å². The van der Waals surface area contributed by atoms with E-state index in [1.54, 1.807) is 10.9 Å². The molecule has 2 heterocycles. The minimum absolute atomic E-state index is 0.216. The SMILES string of the molecule is Cc1cn(-c2ccccc2)nc1C(=O)NC(c1ccccc1)c1nccs1. The number of rotatable bonds is 5. The molecule has 4 rings (SSSR count). The highest BCUT2D eigenvalue weighted by molar-refractivity contribution is 7.09. The van der Waals surface area contributed by atoms with Crippen LogP contribution in [-0.4, -0.2) is 20.7 Å². The third kappa shape index (κ3) is 3.66. The van der Waals surface area contributed by atoms with Crippen molar-refractivity contribution in [2.24, 2.45) is 0 Å². The maximum atomic E-state index is 13.0. The van der Waals surface area contributed by atoms with Crippen LogP contribution in [0, 0.1) is 6.92 Å². The van der Waals surface area contributed by atoms with Gasteiger partial charge in [0.2, 0.25) is 0 Å². The van der Waals surface area contributed by atoms with E-state index in [1.807, 2.05) is 79.2 Å². The Kier molecular flexibility index (Phi) is 4.80. The number of amides is 1. The summed E-state index contributed by atoms with van der Waals surface area (Å²) in [6.07, 6.45) is 3.61. The summed E-state index contributed by atoms with van der Waals surface area (Å²) in [4.78, 5) is 17.4. The molecule has 0 spiro atoms. The van der Waals surface area contributed by atoms with E-state index in [4.69, 9.17) is 0 Å². The van der Waals surface area contributed by atoms with Gasteiger partial charge in [-0.1, -0.05) is 48.5 Å². The van der Waals surface area contributed by atoms with Gasteiger partial charge in [-0.2, -0.15) is 5.10 Å². The van der Waals surface area contributed by atoms with Crippen LogP contribution in [0.3, 0.4) is 0 Å². The predicted molar refractivity (Wildman–Crippen MR) is 106 cm³/mol. The van der Waals surface area contributed by atoms with Crippen molar-refractivity contribution in [1.29, 1.82) is 0 Å². The van der Waals surface area contributed by atoms with Gasteiger partial charge in [-0.15, -0.1) is 11.3 Å². The summed E-state index contributed by atoms with van der Waals surface area (Å²) >= 11 is 1.52. The molecule has 1 atom stereocenters. The Hall–Kier alpha value is -3.25. The van der Waals surface area contributed by atoms with Crippen LogP contribution in [0.1, 0.15) is 32.7 Å². The molecule has 0 fully saturated rings. The van der Waals surface area contributed by atoms with Crippen molar-refractivity contribution in [1.82, 2.24) is 20.1 Å². The van der Waals surface area contributed by atoms with Gasteiger partial charge in [0.1, 0.15) is 11.0 Å². The van der Waals surface area contributed by atoms with Crippen molar-refractivity contribution < 1.29 is 4.79 Å². The second-order valence-electron chi connectivity index (χ2n) is 6.13. The van der Waals surface area contributed by atoms with Crippen molar-refractivity contribution >= 4 is 17.2 Å². The molecule has 1 N–H and O–H groups in total. The van der Waals surface area contributed by atoms with Gasteiger partial charge in [0.05, 0.1) is 5.69 Å². The Labute approximate surface area is 161 Å². The third-order valence-electron chi connectivity index (χ3n) is 4.24. The summed E-state index contributed by atoms with van der Waals surface area (Å²) in [6.45, 7) is 1.89. The first kappa shape index (κ1) is 17.2. The molecule has 0 saturated carbocycles. The molecule has 5 nitrogen and oxygen atoms in total. The molecular formula is C21H18N4OS. The first-order valence-electron chi connectivity index (χ1n) is 8.59. The molecule has 6 heteroatoms. The van der Waals surface area contributed by atoms with Crippen LogP contribution in [0.4, 0.5) is 0 Å². The molecule has 1 unspecified atom stereocenters. The number of aryl methyl sites for hydroxylation is 1. The lowest BCUT2D eigenvalue weighted by atomic mass is 10.1. The number of hydrogen-bond acceptors (Lipinski definition) is 4. The van der Waals surface area contributed by atoms with E-state index in [1.165, 1.54) is 11.3 Å². The zero-order valence-electron chi connectivity index (χ0n) is 14.7. The monoisotopic (exact) mass is 374 g/mol. The van der Waals surface area contributed by atoms with Gasteiger partial charge < -0.3 is 5.32 Å². The molecule has 0 saturated heterocycles. The number of carbonyl (C=O) groups excluding carboxylic acids is 1. The van der Waals surface area contributed by atoms with Gasteiger partial charge in [-0.25, -0.2) is 9.67 Å². The smallest absolute Gasteiger partial charge is 0.272 e. The lowest BCUT2D eigenvalue weighted by Crippen LogP contribution is -2.30. The highest BCUT2D eigenvalue weighted by Crippen LogP contribution is 2.24. The average Bonchev–Trinajstić information content (AvgIpc) is 3.37. The topological polar surface area (TPSA) is 59.8 Å². The Morgan fingerprint density at radius 3 is 2.44 bits per heavy atom. The van der Waals surface area contributed by atoms with E-state index in [-0.39, 0.29) is 11.9 Å². The van der Waals surface area contributed by atoms with Crippen LogP contribution in [0.2, 0.25) is 0 Å². The van der Waals surface area contributed by atoms with Gasteiger partial charge in [-0.3, -0.25) is 4.79 Å². The Morgan fingerprint density at radius 2 is 1.78 bits per heavy atom. The zero-order chi connectivity index (χ0) is 18.6. The molecule has 0 radical (unpaired) electrons. The third-order valence-corrected chi connectivity index (χ3v) is 5.08. The van der Waals surface area contributed by atoms with Gasteiger partial charge in [0.15, 0.2) is 5.69 Å². The molecule has 2 aromatic heterocycles. The highest BCUT2D eigenvalue weighted by Gasteiger charge is 2.22. The highest BCUT2D eigenvalue weighted by atomic mass is 32.1. The zero-order valence-corrected chi connectivity index (χ0v) is 15.6. The molecule has 134 valence electrons. The molecule has 0 bridgehead atoms. The standard InChI is InChI=1S/C21H18N4OS/c1-15-14-25(17-10-6-3-7-11-17)24-18(15)20(26)23-19(21-22-12-13-27-21)16-8-4-2-5-9-16/h2-14,19H,1H3,(H,23,26). The maximum absolute atomic E-state index is 13.0. The van der Waals surface area contributed by atoms with Crippen molar-refractivity contribution in [2.75, 3.05) is 0 Å². The van der Waals surface area contributed by atoms with Crippen LogP contribution in [0.25, 0.3) is 5.69 Å². The first-order chi connectivity index (χ1) is 13.2. The summed E-state index contributed by atoms with van der Waals surface area (Å²) in [5.41, 5.74) is 3.14. The minimum Gasteiger partial charge on any atom is -0.337 e. The minimum atomic E-state index is -0.306. The number of nitrogens with one attached hydrogen (secondary N) is 1. The Balaban J connectivity index is 1.63. The predicted octanol–water partition coefficient (Wildman–Crippen LogP) is 4.16. The summed E-state index contributed by atoms with van der Waals surface area (Å²) < 4.78 is 1.73. The largest absolute Gasteiger partial charge is 0.337 e. The van der Waals surface area contributed by atoms with Gasteiger partial charge in [-0.05, 0) is 24.6 Å².